The first-order valence-electron chi connectivity index (χ1n) is 7.53. The van der Waals surface area contributed by atoms with Crippen molar-refractivity contribution in [1.82, 2.24) is 15.5 Å². The van der Waals surface area contributed by atoms with E-state index >= 15 is 0 Å². The number of methoxy groups -OCH3 is 2. The van der Waals surface area contributed by atoms with E-state index in [4.69, 9.17) is 13.9 Å². The molecule has 1 N–H and O–H groups in total. The van der Waals surface area contributed by atoms with Crippen LogP contribution in [-0.4, -0.2) is 30.3 Å². The van der Waals surface area contributed by atoms with Crippen LogP contribution >= 0.6 is 11.3 Å². The van der Waals surface area contributed by atoms with Gasteiger partial charge in [-0.25, -0.2) is 0 Å². The highest BCUT2D eigenvalue weighted by Gasteiger charge is 2.13. The van der Waals surface area contributed by atoms with Crippen LogP contribution in [0.25, 0.3) is 10.8 Å². The Morgan fingerprint density at radius 3 is 2.84 bits per heavy atom. The third kappa shape index (κ3) is 4.16. The molecule has 2 aromatic heterocycles. The van der Waals surface area contributed by atoms with Gasteiger partial charge in [-0.3, -0.25) is 4.79 Å². The molecule has 7 nitrogen and oxygen atoms in total. The molecule has 0 saturated carbocycles. The first kappa shape index (κ1) is 17.0. The molecule has 3 aromatic rings. The molecule has 0 aliphatic heterocycles. The number of hydrogen-bond acceptors (Lipinski definition) is 7. The van der Waals surface area contributed by atoms with Crippen LogP contribution in [0.15, 0.2) is 40.1 Å². The monoisotopic (exact) mass is 359 g/mol. The van der Waals surface area contributed by atoms with E-state index < -0.39 is 0 Å². The van der Waals surface area contributed by atoms with Gasteiger partial charge in [-0.05, 0) is 23.6 Å². The largest absolute Gasteiger partial charge is 0.497 e. The van der Waals surface area contributed by atoms with E-state index in [1.54, 1.807) is 20.3 Å². The van der Waals surface area contributed by atoms with Crippen molar-refractivity contribution in [3.05, 3.63) is 47.2 Å². The number of carbonyl (C=O) groups is 1. The lowest BCUT2D eigenvalue weighted by Gasteiger charge is -2.11. The zero-order chi connectivity index (χ0) is 17.6. The van der Waals surface area contributed by atoms with Crippen molar-refractivity contribution in [2.24, 2.45) is 0 Å². The van der Waals surface area contributed by atoms with Crippen LogP contribution < -0.4 is 14.8 Å². The van der Waals surface area contributed by atoms with Gasteiger partial charge in [-0.1, -0.05) is 6.07 Å². The minimum absolute atomic E-state index is 0.0246. The number of aromatic nitrogens is 2. The molecule has 130 valence electrons. The van der Waals surface area contributed by atoms with Crippen molar-refractivity contribution in [2.45, 2.75) is 13.0 Å². The van der Waals surface area contributed by atoms with Crippen LogP contribution in [0.4, 0.5) is 0 Å². The maximum absolute atomic E-state index is 12.1. The van der Waals surface area contributed by atoms with E-state index in [0.29, 0.717) is 23.9 Å². The van der Waals surface area contributed by atoms with Gasteiger partial charge in [0.15, 0.2) is 0 Å². The summed E-state index contributed by atoms with van der Waals surface area (Å²) in [6.07, 6.45) is 0.0246. The van der Waals surface area contributed by atoms with Gasteiger partial charge in [0.05, 0.1) is 19.1 Å². The van der Waals surface area contributed by atoms with Crippen LogP contribution in [0.1, 0.15) is 11.5 Å². The third-order valence-electron chi connectivity index (χ3n) is 3.48. The Balaban J connectivity index is 1.58. The molecule has 0 saturated heterocycles. The van der Waals surface area contributed by atoms with Gasteiger partial charge in [0, 0.05) is 18.2 Å². The number of amides is 1. The van der Waals surface area contributed by atoms with Gasteiger partial charge < -0.3 is 19.2 Å². The molecule has 1 amide bonds. The molecule has 3 rings (SSSR count). The second kappa shape index (κ2) is 7.80. The van der Waals surface area contributed by atoms with E-state index in [1.807, 2.05) is 29.6 Å². The number of nitrogens with one attached hydrogen (secondary N) is 1. The summed E-state index contributed by atoms with van der Waals surface area (Å²) in [6.45, 7) is 0.331. The number of benzene rings is 1. The summed E-state index contributed by atoms with van der Waals surface area (Å²) < 4.78 is 16.0. The highest BCUT2D eigenvalue weighted by molar-refractivity contribution is 7.13. The molecule has 0 aliphatic rings. The van der Waals surface area contributed by atoms with Crippen molar-refractivity contribution in [3.63, 3.8) is 0 Å². The van der Waals surface area contributed by atoms with Crippen molar-refractivity contribution in [1.29, 1.82) is 0 Å². The van der Waals surface area contributed by atoms with Crippen molar-refractivity contribution in [2.75, 3.05) is 14.2 Å². The number of carbonyl (C=O) groups excluding carboxylic acids is 1. The molecular formula is C17H17N3O4S. The molecule has 0 bridgehead atoms. The molecule has 0 atom stereocenters. The summed E-state index contributed by atoms with van der Waals surface area (Å²) in [5.41, 5.74) is 0.849. The van der Waals surface area contributed by atoms with Gasteiger partial charge in [-0.2, -0.15) is 0 Å². The summed E-state index contributed by atoms with van der Waals surface area (Å²) in [5.74, 6) is 1.84. The first-order valence-corrected chi connectivity index (χ1v) is 8.41. The molecule has 1 aromatic carbocycles. The maximum atomic E-state index is 12.1. The molecule has 0 fully saturated rings. The topological polar surface area (TPSA) is 86.5 Å². The lowest BCUT2D eigenvalue weighted by molar-refractivity contribution is -0.120. The summed E-state index contributed by atoms with van der Waals surface area (Å²) >= 11 is 1.50. The van der Waals surface area contributed by atoms with E-state index in [-0.39, 0.29) is 18.2 Å². The summed E-state index contributed by atoms with van der Waals surface area (Å²) in [4.78, 5) is 13.0. The SMILES string of the molecule is COc1ccc(CNC(=O)Cc2nnc(-c3cccs3)o2)c(OC)c1. The number of thiophene rings is 1. The molecule has 25 heavy (non-hydrogen) atoms. The highest BCUT2D eigenvalue weighted by atomic mass is 32.1. The van der Waals surface area contributed by atoms with Gasteiger partial charge in [0.2, 0.25) is 11.8 Å². The Kier molecular flexibility index (Phi) is 5.30. The number of rotatable bonds is 7. The van der Waals surface area contributed by atoms with Crippen LogP contribution in [0.5, 0.6) is 11.5 Å². The minimum atomic E-state index is -0.209. The van der Waals surface area contributed by atoms with Crippen LogP contribution in [0, 0.1) is 0 Å². The highest BCUT2D eigenvalue weighted by Crippen LogP contribution is 2.25. The predicted octanol–water partition coefficient (Wildman–Crippen LogP) is 2.67. The van der Waals surface area contributed by atoms with Crippen molar-refractivity contribution >= 4 is 17.2 Å². The fourth-order valence-corrected chi connectivity index (χ4v) is 2.86. The Morgan fingerprint density at radius 1 is 1.24 bits per heavy atom. The smallest absolute Gasteiger partial charge is 0.257 e. The molecule has 0 unspecified atom stereocenters. The molecular weight excluding hydrogens is 342 g/mol. The number of nitrogens with zero attached hydrogens (tertiary/aromatic N) is 2. The fraction of sp³-hybridized carbons (Fsp3) is 0.235. The van der Waals surface area contributed by atoms with E-state index in [1.165, 1.54) is 11.3 Å². The van der Waals surface area contributed by atoms with Crippen molar-refractivity contribution in [3.8, 4) is 22.3 Å². The maximum Gasteiger partial charge on any atom is 0.257 e. The first-order chi connectivity index (χ1) is 12.2. The van der Waals surface area contributed by atoms with Gasteiger partial charge in [0.25, 0.3) is 5.89 Å². The molecule has 0 aliphatic carbocycles. The second-order valence-electron chi connectivity index (χ2n) is 5.11. The molecule has 8 heteroatoms. The minimum Gasteiger partial charge on any atom is -0.497 e. The average Bonchev–Trinajstić information content (AvgIpc) is 3.31. The van der Waals surface area contributed by atoms with Gasteiger partial charge in [0.1, 0.15) is 17.9 Å². The Hall–Kier alpha value is -2.87. The summed E-state index contributed by atoms with van der Waals surface area (Å²) in [6, 6.07) is 9.22. The zero-order valence-corrected chi connectivity index (χ0v) is 14.6. The van der Waals surface area contributed by atoms with E-state index in [0.717, 1.165) is 10.4 Å². The van der Waals surface area contributed by atoms with Gasteiger partial charge in [-0.15, -0.1) is 21.5 Å². The quantitative estimate of drug-likeness (QED) is 0.698. The van der Waals surface area contributed by atoms with E-state index in [2.05, 4.69) is 15.5 Å². The summed E-state index contributed by atoms with van der Waals surface area (Å²) in [5, 5.41) is 12.6. The van der Waals surface area contributed by atoms with Crippen LogP contribution in [0.3, 0.4) is 0 Å². The predicted molar refractivity (Wildman–Crippen MR) is 92.7 cm³/mol. The van der Waals surface area contributed by atoms with Crippen LogP contribution in [0.2, 0.25) is 0 Å². The van der Waals surface area contributed by atoms with Crippen LogP contribution in [-0.2, 0) is 17.8 Å². The second-order valence-corrected chi connectivity index (χ2v) is 6.06. The molecule has 0 radical (unpaired) electrons. The Morgan fingerprint density at radius 2 is 2.12 bits per heavy atom. The van der Waals surface area contributed by atoms with Crippen molar-refractivity contribution < 1.29 is 18.7 Å². The molecule has 0 spiro atoms. The molecule has 2 heterocycles. The Labute approximate surface area is 148 Å². The van der Waals surface area contributed by atoms with Gasteiger partial charge >= 0.3 is 0 Å². The average molecular weight is 359 g/mol. The lowest BCUT2D eigenvalue weighted by Crippen LogP contribution is -2.24. The number of hydrogen-bond donors (Lipinski definition) is 1. The number of ether oxygens (including phenoxy) is 2. The lowest BCUT2D eigenvalue weighted by atomic mass is 10.2. The Bertz CT molecular complexity index is 845. The van der Waals surface area contributed by atoms with E-state index in [9.17, 15) is 4.79 Å². The summed E-state index contributed by atoms with van der Waals surface area (Å²) in [7, 11) is 3.16. The fourth-order valence-electron chi connectivity index (χ4n) is 2.22. The normalized spacial score (nSPS) is 10.5. The zero-order valence-electron chi connectivity index (χ0n) is 13.8. The standard InChI is InChI=1S/C17H17N3O4S/c1-22-12-6-5-11(13(8-12)23-2)10-18-15(21)9-16-19-20-17(24-16)14-4-3-7-25-14/h3-8H,9-10H2,1-2H3,(H,18,21). The third-order valence-corrected chi connectivity index (χ3v) is 4.34.